The summed E-state index contributed by atoms with van der Waals surface area (Å²) < 4.78 is 0.275. The Bertz CT molecular complexity index is 270. The summed E-state index contributed by atoms with van der Waals surface area (Å²) in [6, 6.07) is 0. The lowest BCUT2D eigenvalue weighted by Crippen LogP contribution is -1.91. The Labute approximate surface area is 67.3 Å². The standard InChI is InChI=1S/C7H8OS2/c1-4-2-5-6(3-4)10-7(8)9-5/h4H,2-3H2,1H3. The van der Waals surface area contributed by atoms with Gasteiger partial charge in [-0.15, -0.1) is 0 Å². The van der Waals surface area contributed by atoms with E-state index < -0.39 is 0 Å². The quantitative estimate of drug-likeness (QED) is 0.584. The van der Waals surface area contributed by atoms with Crippen LogP contribution in [0.3, 0.4) is 0 Å². The number of fused-ring (bicyclic) bond motifs is 1. The number of rotatable bonds is 0. The minimum Gasteiger partial charge on any atom is -0.265 e. The van der Waals surface area contributed by atoms with Gasteiger partial charge in [0.05, 0.1) is 0 Å². The average molecular weight is 172 g/mol. The highest BCUT2D eigenvalue weighted by Crippen LogP contribution is 2.30. The zero-order valence-corrected chi connectivity index (χ0v) is 7.35. The van der Waals surface area contributed by atoms with Crippen molar-refractivity contribution in [2.45, 2.75) is 19.8 Å². The molecule has 0 bridgehead atoms. The van der Waals surface area contributed by atoms with E-state index in [4.69, 9.17) is 0 Å². The van der Waals surface area contributed by atoms with Crippen molar-refractivity contribution in [2.75, 3.05) is 0 Å². The smallest absolute Gasteiger partial charge is 0.265 e. The van der Waals surface area contributed by atoms with Gasteiger partial charge in [-0.25, -0.2) is 0 Å². The third-order valence-electron chi connectivity index (χ3n) is 1.79. The van der Waals surface area contributed by atoms with Gasteiger partial charge >= 0.3 is 0 Å². The van der Waals surface area contributed by atoms with Crippen LogP contribution in [0.25, 0.3) is 0 Å². The molecule has 0 aromatic carbocycles. The highest BCUT2D eigenvalue weighted by atomic mass is 32.2. The molecule has 0 atom stereocenters. The Morgan fingerprint density at radius 1 is 1.30 bits per heavy atom. The molecule has 0 radical (unpaired) electrons. The molecule has 1 aromatic heterocycles. The highest BCUT2D eigenvalue weighted by molar-refractivity contribution is 7.27. The molecule has 0 saturated heterocycles. The molecule has 3 heteroatoms. The summed E-state index contributed by atoms with van der Waals surface area (Å²) in [5.41, 5.74) is 0. The fraction of sp³-hybridized carbons (Fsp3) is 0.571. The van der Waals surface area contributed by atoms with E-state index in [0.717, 1.165) is 18.8 Å². The van der Waals surface area contributed by atoms with E-state index in [-0.39, 0.29) is 4.06 Å². The molecule has 1 aliphatic carbocycles. The zero-order chi connectivity index (χ0) is 7.14. The number of hydrogen-bond acceptors (Lipinski definition) is 3. The van der Waals surface area contributed by atoms with Crippen molar-refractivity contribution in [2.24, 2.45) is 5.92 Å². The molecule has 1 aliphatic rings. The van der Waals surface area contributed by atoms with Crippen LogP contribution in [0.15, 0.2) is 4.79 Å². The SMILES string of the molecule is CC1Cc2sc(=O)sc2C1. The second-order valence-electron chi connectivity index (χ2n) is 2.81. The van der Waals surface area contributed by atoms with Crippen molar-refractivity contribution < 1.29 is 0 Å². The topological polar surface area (TPSA) is 17.1 Å². The molecule has 1 aromatic rings. The molecule has 1 heterocycles. The van der Waals surface area contributed by atoms with Crippen LogP contribution >= 0.6 is 22.7 Å². The van der Waals surface area contributed by atoms with E-state index >= 15 is 0 Å². The van der Waals surface area contributed by atoms with Crippen LogP contribution in [0, 0.1) is 5.92 Å². The van der Waals surface area contributed by atoms with Crippen molar-refractivity contribution in [3.8, 4) is 0 Å². The molecule has 0 saturated carbocycles. The summed E-state index contributed by atoms with van der Waals surface area (Å²) in [7, 11) is 0. The van der Waals surface area contributed by atoms with Gasteiger partial charge in [0.2, 0.25) is 0 Å². The number of hydrogen-bond donors (Lipinski definition) is 0. The Morgan fingerprint density at radius 2 is 1.80 bits per heavy atom. The summed E-state index contributed by atoms with van der Waals surface area (Å²) in [6.45, 7) is 2.24. The van der Waals surface area contributed by atoms with E-state index in [9.17, 15) is 4.79 Å². The Kier molecular flexibility index (Phi) is 1.42. The van der Waals surface area contributed by atoms with Gasteiger partial charge in [-0.3, -0.25) is 4.79 Å². The van der Waals surface area contributed by atoms with Crippen LogP contribution < -0.4 is 4.06 Å². The first kappa shape index (κ1) is 6.55. The molecule has 0 spiro atoms. The summed E-state index contributed by atoms with van der Waals surface area (Å²) in [6.07, 6.45) is 2.28. The van der Waals surface area contributed by atoms with Gasteiger partial charge in [0.15, 0.2) is 0 Å². The zero-order valence-electron chi connectivity index (χ0n) is 5.72. The van der Waals surface area contributed by atoms with Crippen molar-refractivity contribution >= 4 is 22.7 Å². The molecule has 0 N–H and O–H groups in total. The van der Waals surface area contributed by atoms with Crippen LogP contribution in [0.2, 0.25) is 0 Å². The fourth-order valence-electron chi connectivity index (χ4n) is 1.35. The molecule has 10 heavy (non-hydrogen) atoms. The van der Waals surface area contributed by atoms with Gasteiger partial charge in [0.1, 0.15) is 0 Å². The third-order valence-corrected chi connectivity index (χ3v) is 4.07. The first-order chi connectivity index (χ1) is 4.75. The van der Waals surface area contributed by atoms with Crippen molar-refractivity contribution in [3.63, 3.8) is 0 Å². The molecule has 0 amide bonds. The largest absolute Gasteiger partial charge is 0.287 e. The summed E-state index contributed by atoms with van der Waals surface area (Å²) >= 11 is 2.89. The predicted molar refractivity (Wildman–Crippen MR) is 45.0 cm³/mol. The van der Waals surface area contributed by atoms with Crippen molar-refractivity contribution in [1.29, 1.82) is 0 Å². The van der Waals surface area contributed by atoms with Gasteiger partial charge in [-0.1, -0.05) is 29.6 Å². The Morgan fingerprint density at radius 3 is 2.30 bits per heavy atom. The van der Waals surface area contributed by atoms with Crippen LogP contribution in [-0.2, 0) is 12.8 Å². The van der Waals surface area contributed by atoms with Gasteiger partial charge in [0, 0.05) is 9.75 Å². The summed E-state index contributed by atoms with van der Waals surface area (Å²) in [5, 5.41) is 0. The summed E-state index contributed by atoms with van der Waals surface area (Å²) in [4.78, 5) is 13.5. The third kappa shape index (κ3) is 0.935. The minimum atomic E-state index is 0.275. The molecule has 0 unspecified atom stereocenters. The first-order valence-electron chi connectivity index (χ1n) is 3.37. The maximum Gasteiger partial charge on any atom is 0.287 e. The molecule has 0 fully saturated rings. The van der Waals surface area contributed by atoms with E-state index in [1.54, 1.807) is 0 Å². The Hall–Kier alpha value is -0.150. The van der Waals surface area contributed by atoms with E-state index in [1.165, 1.54) is 32.4 Å². The van der Waals surface area contributed by atoms with Gasteiger partial charge in [0.25, 0.3) is 4.06 Å². The van der Waals surface area contributed by atoms with Crippen LogP contribution in [0.5, 0.6) is 0 Å². The predicted octanol–water partition coefficient (Wildman–Crippen LogP) is 1.90. The van der Waals surface area contributed by atoms with Gasteiger partial charge < -0.3 is 0 Å². The molecular formula is C7H8OS2. The molecule has 1 nitrogen and oxygen atoms in total. The lowest BCUT2D eigenvalue weighted by atomic mass is 10.1. The lowest BCUT2D eigenvalue weighted by Gasteiger charge is -1.93. The molecular weight excluding hydrogens is 164 g/mol. The molecule has 2 rings (SSSR count). The maximum atomic E-state index is 10.8. The maximum absolute atomic E-state index is 10.8. The fourth-order valence-corrected chi connectivity index (χ4v) is 3.90. The lowest BCUT2D eigenvalue weighted by molar-refractivity contribution is 0.632. The van der Waals surface area contributed by atoms with Crippen LogP contribution in [0.4, 0.5) is 0 Å². The van der Waals surface area contributed by atoms with Gasteiger partial charge in [-0.05, 0) is 18.8 Å². The molecule has 54 valence electrons. The first-order valence-corrected chi connectivity index (χ1v) is 5.00. The van der Waals surface area contributed by atoms with Crippen molar-refractivity contribution in [1.82, 2.24) is 0 Å². The highest BCUT2D eigenvalue weighted by Gasteiger charge is 2.20. The van der Waals surface area contributed by atoms with E-state index in [0.29, 0.717) is 0 Å². The second-order valence-corrected chi connectivity index (χ2v) is 5.21. The van der Waals surface area contributed by atoms with E-state index in [2.05, 4.69) is 6.92 Å². The van der Waals surface area contributed by atoms with Crippen molar-refractivity contribution in [3.05, 3.63) is 18.6 Å². The average Bonchev–Trinajstić information content (AvgIpc) is 2.21. The normalized spacial score (nSPS) is 17.7. The Balaban J connectivity index is 2.48. The van der Waals surface area contributed by atoms with Crippen LogP contribution in [-0.4, -0.2) is 0 Å². The second kappa shape index (κ2) is 2.17. The van der Waals surface area contributed by atoms with Gasteiger partial charge in [-0.2, -0.15) is 0 Å². The summed E-state index contributed by atoms with van der Waals surface area (Å²) in [5.74, 6) is 0.776. The molecule has 0 aliphatic heterocycles. The van der Waals surface area contributed by atoms with E-state index in [1.807, 2.05) is 0 Å². The minimum absolute atomic E-state index is 0.275. The van der Waals surface area contributed by atoms with Crippen LogP contribution in [0.1, 0.15) is 16.7 Å². The monoisotopic (exact) mass is 172 g/mol.